The van der Waals surface area contributed by atoms with Crippen molar-refractivity contribution in [3.8, 4) is 0 Å². The quantitative estimate of drug-likeness (QED) is 0.722. The van der Waals surface area contributed by atoms with Gasteiger partial charge in [0.25, 0.3) is 0 Å². The summed E-state index contributed by atoms with van der Waals surface area (Å²) < 4.78 is 5.47. The van der Waals surface area contributed by atoms with Crippen LogP contribution in [0.5, 0.6) is 0 Å². The molecule has 2 amide bonds. The highest BCUT2D eigenvalue weighted by atomic mass is 16.6. The van der Waals surface area contributed by atoms with Crippen molar-refractivity contribution >= 4 is 22.9 Å². The van der Waals surface area contributed by atoms with E-state index in [1.807, 2.05) is 20.8 Å². The Morgan fingerprint density at radius 1 is 1.16 bits per heavy atom. The summed E-state index contributed by atoms with van der Waals surface area (Å²) in [6, 6.07) is 8.63. The molecule has 2 aliphatic rings. The van der Waals surface area contributed by atoms with Crippen LogP contribution >= 0.6 is 0 Å². The Kier molecular flexibility index (Phi) is 6.24. The number of ether oxygens (including phenoxy) is 1. The van der Waals surface area contributed by atoms with Crippen LogP contribution < -0.4 is 0 Å². The molecule has 1 fully saturated rings. The van der Waals surface area contributed by atoms with E-state index in [9.17, 15) is 9.59 Å². The number of aromatic amines is 1. The summed E-state index contributed by atoms with van der Waals surface area (Å²) in [5.74, 6) is 0.808. The number of carbonyl (C=O) groups excluding carboxylic acids is 2. The number of benzene rings is 1. The van der Waals surface area contributed by atoms with Crippen molar-refractivity contribution in [2.24, 2.45) is 11.8 Å². The van der Waals surface area contributed by atoms with Crippen molar-refractivity contribution in [1.29, 1.82) is 0 Å². The zero-order valence-corrected chi connectivity index (χ0v) is 20.1. The third kappa shape index (κ3) is 4.79. The molecular formula is C26H37N3O3. The molecule has 1 aliphatic carbocycles. The molecule has 6 heteroatoms. The van der Waals surface area contributed by atoms with E-state index in [2.05, 4.69) is 41.1 Å². The zero-order valence-electron chi connectivity index (χ0n) is 20.1. The first kappa shape index (κ1) is 22.7. The number of rotatable bonds is 3. The van der Waals surface area contributed by atoms with Crippen LogP contribution in [0.15, 0.2) is 24.3 Å². The topological polar surface area (TPSA) is 65.6 Å². The molecule has 0 spiro atoms. The summed E-state index contributed by atoms with van der Waals surface area (Å²) in [6.07, 6.45) is 4.38. The van der Waals surface area contributed by atoms with Crippen molar-refractivity contribution in [2.45, 2.75) is 78.0 Å². The maximum absolute atomic E-state index is 13.4. The van der Waals surface area contributed by atoms with Gasteiger partial charge in [-0.15, -0.1) is 0 Å². The van der Waals surface area contributed by atoms with Gasteiger partial charge in [-0.25, -0.2) is 4.79 Å². The SMILES string of the molecule is CC1Cc2c([nH]c3ccccc23)CN1C(=O)C1CCC(CN(C)C(=O)OC(C)(C)C)CC1. The molecule has 1 saturated carbocycles. The van der Waals surface area contributed by atoms with Gasteiger partial charge in [0.05, 0.1) is 6.54 Å². The highest BCUT2D eigenvalue weighted by Crippen LogP contribution is 2.35. The molecule has 1 atom stereocenters. The van der Waals surface area contributed by atoms with Gasteiger partial charge in [-0.05, 0) is 77.3 Å². The summed E-state index contributed by atoms with van der Waals surface area (Å²) >= 11 is 0. The van der Waals surface area contributed by atoms with E-state index < -0.39 is 5.60 Å². The summed E-state index contributed by atoms with van der Waals surface area (Å²) in [5, 5.41) is 1.29. The molecule has 0 bridgehead atoms. The molecule has 1 aliphatic heterocycles. The lowest BCUT2D eigenvalue weighted by Gasteiger charge is -2.38. The average molecular weight is 440 g/mol. The van der Waals surface area contributed by atoms with Gasteiger partial charge in [-0.3, -0.25) is 4.79 Å². The number of nitrogens with zero attached hydrogens (tertiary/aromatic N) is 2. The number of carbonyl (C=O) groups is 2. The number of para-hydroxylation sites is 1. The van der Waals surface area contributed by atoms with Gasteiger partial charge in [-0.1, -0.05) is 18.2 Å². The molecule has 0 radical (unpaired) electrons. The minimum absolute atomic E-state index is 0.0893. The van der Waals surface area contributed by atoms with Gasteiger partial charge < -0.3 is 19.5 Å². The van der Waals surface area contributed by atoms with Gasteiger partial charge in [0.2, 0.25) is 5.91 Å². The lowest BCUT2D eigenvalue weighted by molar-refractivity contribution is -0.140. The normalized spacial score (nSPS) is 23.7. The van der Waals surface area contributed by atoms with Crippen molar-refractivity contribution < 1.29 is 14.3 Å². The van der Waals surface area contributed by atoms with Crippen LogP contribution in [0.1, 0.15) is 64.6 Å². The van der Waals surface area contributed by atoms with Crippen molar-refractivity contribution in [3.63, 3.8) is 0 Å². The van der Waals surface area contributed by atoms with E-state index in [-0.39, 0.29) is 18.1 Å². The number of hydrogen-bond acceptors (Lipinski definition) is 3. The number of aromatic nitrogens is 1. The summed E-state index contributed by atoms with van der Waals surface area (Å²) in [4.78, 5) is 33.0. The highest BCUT2D eigenvalue weighted by Gasteiger charge is 2.35. The third-order valence-electron chi connectivity index (χ3n) is 6.98. The largest absolute Gasteiger partial charge is 0.444 e. The monoisotopic (exact) mass is 439 g/mol. The lowest BCUT2D eigenvalue weighted by Crippen LogP contribution is -2.46. The van der Waals surface area contributed by atoms with Crippen molar-refractivity contribution in [1.82, 2.24) is 14.8 Å². The molecule has 1 aromatic heterocycles. The maximum atomic E-state index is 13.4. The summed E-state index contributed by atoms with van der Waals surface area (Å²) in [7, 11) is 1.80. The van der Waals surface area contributed by atoms with Crippen LogP contribution in [0.25, 0.3) is 10.9 Å². The van der Waals surface area contributed by atoms with Crippen LogP contribution in [0.4, 0.5) is 4.79 Å². The van der Waals surface area contributed by atoms with Crippen LogP contribution in [-0.2, 0) is 22.5 Å². The molecule has 2 heterocycles. The van der Waals surface area contributed by atoms with E-state index in [4.69, 9.17) is 4.74 Å². The lowest BCUT2D eigenvalue weighted by atomic mass is 9.80. The first-order valence-electron chi connectivity index (χ1n) is 12.0. The molecule has 32 heavy (non-hydrogen) atoms. The minimum atomic E-state index is -0.481. The third-order valence-corrected chi connectivity index (χ3v) is 6.98. The minimum Gasteiger partial charge on any atom is -0.444 e. The first-order chi connectivity index (χ1) is 15.1. The Balaban J connectivity index is 1.33. The molecule has 4 rings (SSSR count). The number of fused-ring (bicyclic) bond motifs is 3. The van der Waals surface area contributed by atoms with Gasteiger partial charge in [0, 0.05) is 42.1 Å². The second-order valence-corrected chi connectivity index (χ2v) is 10.7. The Morgan fingerprint density at radius 3 is 2.53 bits per heavy atom. The van der Waals surface area contributed by atoms with Crippen molar-refractivity contribution in [2.75, 3.05) is 13.6 Å². The average Bonchev–Trinajstić information content (AvgIpc) is 3.09. The fourth-order valence-corrected chi connectivity index (χ4v) is 5.28. The van der Waals surface area contributed by atoms with Crippen LogP contribution in [-0.4, -0.2) is 52.0 Å². The predicted molar refractivity (Wildman–Crippen MR) is 126 cm³/mol. The standard InChI is InChI=1S/C26H37N3O3/c1-17-14-21-20-8-6-7-9-22(20)27-23(21)16-29(17)24(30)19-12-10-18(11-13-19)15-28(5)25(31)32-26(2,3)4/h6-9,17-19,27H,10-16H2,1-5H3. The molecule has 1 N–H and O–H groups in total. The van der Waals surface area contributed by atoms with Crippen LogP contribution in [0, 0.1) is 11.8 Å². The first-order valence-corrected chi connectivity index (χ1v) is 12.0. The maximum Gasteiger partial charge on any atom is 0.410 e. The summed E-state index contributed by atoms with van der Waals surface area (Å²) in [5.41, 5.74) is 3.23. The molecule has 174 valence electrons. The second-order valence-electron chi connectivity index (χ2n) is 10.7. The Hall–Kier alpha value is -2.50. The van der Waals surface area contributed by atoms with E-state index in [1.165, 1.54) is 16.6 Å². The van der Waals surface area contributed by atoms with E-state index in [1.54, 1.807) is 11.9 Å². The number of hydrogen-bond donors (Lipinski definition) is 1. The van der Waals surface area contributed by atoms with Gasteiger partial charge in [-0.2, -0.15) is 0 Å². The van der Waals surface area contributed by atoms with Gasteiger partial charge in [0.15, 0.2) is 0 Å². The number of H-pyrrole nitrogens is 1. The number of nitrogens with one attached hydrogen (secondary N) is 1. The number of amides is 2. The molecular weight excluding hydrogens is 402 g/mol. The fraction of sp³-hybridized carbons (Fsp3) is 0.615. The molecule has 0 saturated heterocycles. The Morgan fingerprint density at radius 2 is 1.84 bits per heavy atom. The van der Waals surface area contributed by atoms with E-state index in [0.29, 0.717) is 24.9 Å². The zero-order chi connectivity index (χ0) is 23.0. The van der Waals surface area contributed by atoms with E-state index in [0.717, 1.165) is 37.6 Å². The Labute approximate surface area is 191 Å². The van der Waals surface area contributed by atoms with Gasteiger partial charge in [0.1, 0.15) is 5.60 Å². The Bertz CT molecular complexity index is 982. The smallest absolute Gasteiger partial charge is 0.410 e. The molecule has 1 unspecified atom stereocenters. The highest BCUT2D eigenvalue weighted by molar-refractivity contribution is 5.86. The summed E-state index contributed by atoms with van der Waals surface area (Å²) in [6.45, 7) is 9.19. The molecule has 2 aromatic rings. The molecule has 6 nitrogen and oxygen atoms in total. The van der Waals surface area contributed by atoms with Gasteiger partial charge >= 0.3 is 6.09 Å². The van der Waals surface area contributed by atoms with Crippen LogP contribution in [0.2, 0.25) is 0 Å². The molecule has 1 aromatic carbocycles. The van der Waals surface area contributed by atoms with E-state index >= 15 is 0 Å². The second kappa shape index (κ2) is 8.80. The van der Waals surface area contributed by atoms with Crippen molar-refractivity contribution in [3.05, 3.63) is 35.5 Å². The predicted octanol–water partition coefficient (Wildman–Crippen LogP) is 5.11. The fourth-order valence-electron chi connectivity index (χ4n) is 5.28. The van der Waals surface area contributed by atoms with Crippen LogP contribution in [0.3, 0.4) is 0 Å².